The molecule has 60 valence electrons. The van der Waals surface area contributed by atoms with E-state index in [9.17, 15) is 0 Å². The summed E-state index contributed by atoms with van der Waals surface area (Å²) in [5.41, 5.74) is 0.549. The van der Waals surface area contributed by atoms with Crippen LogP contribution in [0, 0.1) is 0 Å². The third kappa shape index (κ3) is 1.98. The molecule has 0 aromatic carbocycles. The van der Waals surface area contributed by atoms with Crippen LogP contribution in [-0.2, 0) is 0 Å². The van der Waals surface area contributed by atoms with Gasteiger partial charge in [-0.3, -0.25) is 4.90 Å². The zero-order chi connectivity index (χ0) is 7.61. The maximum Gasteiger partial charge on any atom is 0.0281 e. The van der Waals surface area contributed by atoms with Gasteiger partial charge < -0.3 is 0 Å². The van der Waals surface area contributed by atoms with Crippen molar-refractivity contribution in [3.63, 3.8) is 0 Å². The van der Waals surface area contributed by atoms with Crippen LogP contribution in [0.3, 0.4) is 0 Å². The molecule has 1 nitrogen and oxygen atoms in total. The third-order valence-electron chi connectivity index (χ3n) is 2.36. The fourth-order valence-corrected chi connectivity index (χ4v) is 1.37. The molecule has 1 rings (SSSR count). The second-order valence-electron chi connectivity index (χ2n) is 3.94. The number of hydrogen-bond donors (Lipinski definition) is 0. The van der Waals surface area contributed by atoms with Crippen molar-refractivity contribution in [1.29, 1.82) is 0 Å². The molecule has 0 radical (unpaired) electrons. The molecule has 1 atom stereocenters. The molecule has 0 amide bonds. The van der Waals surface area contributed by atoms with Crippen molar-refractivity contribution in [1.82, 2.24) is 4.90 Å². The largest absolute Gasteiger partial charge is 0.295 e. The SMILES string of the molecule is CCCCCN1CC1(C)C. The lowest BCUT2D eigenvalue weighted by molar-refractivity contribution is 0.429. The monoisotopic (exact) mass is 141 g/mol. The highest BCUT2D eigenvalue weighted by Crippen LogP contribution is 2.30. The highest BCUT2D eigenvalue weighted by Gasteiger charge is 2.41. The number of rotatable bonds is 4. The Bertz CT molecular complexity index is 107. The van der Waals surface area contributed by atoms with Crippen LogP contribution < -0.4 is 0 Å². The lowest BCUT2D eigenvalue weighted by Crippen LogP contribution is -2.10. The summed E-state index contributed by atoms with van der Waals surface area (Å²) >= 11 is 0. The van der Waals surface area contributed by atoms with Crippen LogP contribution >= 0.6 is 0 Å². The fraction of sp³-hybridized carbons (Fsp3) is 1.00. The zero-order valence-electron chi connectivity index (χ0n) is 7.48. The molecule has 0 spiro atoms. The first-order valence-corrected chi connectivity index (χ1v) is 4.42. The van der Waals surface area contributed by atoms with Crippen LogP contribution in [-0.4, -0.2) is 23.5 Å². The molecule has 0 aromatic heterocycles. The van der Waals surface area contributed by atoms with Gasteiger partial charge in [0.1, 0.15) is 0 Å². The van der Waals surface area contributed by atoms with Crippen LogP contribution in [0.4, 0.5) is 0 Å². The normalized spacial score (nSPS) is 28.5. The van der Waals surface area contributed by atoms with E-state index in [1.165, 1.54) is 32.4 Å². The van der Waals surface area contributed by atoms with Gasteiger partial charge in [0.05, 0.1) is 0 Å². The van der Waals surface area contributed by atoms with E-state index in [4.69, 9.17) is 0 Å². The van der Waals surface area contributed by atoms with Gasteiger partial charge in [0.2, 0.25) is 0 Å². The van der Waals surface area contributed by atoms with Crippen LogP contribution in [0.2, 0.25) is 0 Å². The molecule has 0 aliphatic carbocycles. The fourth-order valence-electron chi connectivity index (χ4n) is 1.37. The average Bonchev–Trinajstić information content (AvgIpc) is 2.41. The number of hydrogen-bond acceptors (Lipinski definition) is 1. The average molecular weight is 141 g/mol. The first kappa shape index (κ1) is 8.06. The molecule has 0 aromatic rings. The maximum absolute atomic E-state index is 2.54. The molecule has 0 N–H and O–H groups in total. The summed E-state index contributed by atoms with van der Waals surface area (Å²) < 4.78 is 0. The Balaban J connectivity index is 1.97. The Labute approximate surface area is 64.4 Å². The van der Waals surface area contributed by atoms with Crippen molar-refractivity contribution in [2.24, 2.45) is 0 Å². The minimum Gasteiger partial charge on any atom is -0.295 e. The molecule has 1 unspecified atom stereocenters. The molecule has 10 heavy (non-hydrogen) atoms. The highest BCUT2D eigenvalue weighted by molar-refractivity contribution is 4.98. The molecule has 1 aliphatic rings. The van der Waals surface area contributed by atoms with Gasteiger partial charge >= 0.3 is 0 Å². The lowest BCUT2D eigenvalue weighted by Gasteiger charge is -2.04. The zero-order valence-corrected chi connectivity index (χ0v) is 7.48. The number of unbranched alkanes of at least 4 members (excludes halogenated alkanes) is 2. The molecular formula is C9H19N. The van der Waals surface area contributed by atoms with Crippen molar-refractivity contribution in [2.75, 3.05) is 13.1 Å². The molecule has 0 bridgehead atoms. The van der Waals surface area contributed by atoms with Gasteiger partial charge in [0.25, 0.3) is 0 Å². The van der Waals surface area contributed by atoms with Crippen molar-refractivity contribution in [3.8, 4) is 0 Å². The molecule has 1 fully saturated rings. The minimum absolute atomic E-state index is 0.549. The first-order chi connectivity index (χ1) is 4.67. The number of nitrogens with zero attached hydrogens (tertiary/aromatic N) is 1. The summed E-state index contributed by atoms with van der Waals surface area (Å²) in [5, 5.41) is 0. The highest BCUT2D eigenvalue weighted by atomic mass is 15.3. The van der Waals surface area contributed by atoms with E-state index in [2.05, 4.69) is 25.7 Å². The standard InChI is InChI=1S/C9H19N/c1-4-5-6-7-10-8-9(10,2)3/h4-8H2,1-3H3. The summed E-state index contributed by atoms with van der Waals surface area (Å²) in [7, 11) is 0. The van der Waals surface area contributed by atoms with E-state index in [0.717, 1.165) is 0 Å². The van der Waals surface area contributed by atoms with Gasteiger partial charge in [-0.05, 0) is 26.8 Å². The summed E-state index contributed by atoms with van der Waals surface area (Å²) in [5.74, 6) is 0. The second kappa shape index (κ2) is 2.91. The van der Waals surface area contributed by atoms with Crippen molar-refractivity contribution < 1.29 is 0 Å². The van der Waals surface area contributed by atoms with E-state index in [1.54, 1.807) is 0 Å². The van der Waals surface area contributed by atoms with Crippen molar-refractivity contribution in [2.45, 2.75) is 45.6 Å². The van der Waals surface area contributed by atoms with E-state index in [1.807, 2.05) is 0 Å². The Hall–Kier alpha value is -0.0400. The van der Waals surface area contributed by atoms with E-state index in [0.29, 0.717) is 5.54 Å². The Kier molecular flexibility index (Phi) is 2.35. The van der Waals surface area contributed by atoms with Crippen LogP contribution in [0.15, 0.2) is 0 Å². The van der Waals surface area contributed by atoms with Gasteiger partial charge in [0, 0.05) is 12.1 Å². The van der Waals surface area contributed by atoms with Crippen LogP contribution in [0.25, 0.3) is 0 Å². The smallest absolute Gasteiger partial charge is 0.0281 e. The Morgan fingerprint density at radius 2 is 1.90 bits per heavy atom. The topological polar surface area (TPSA) is 3.01 Å². The molecule has 0 saturated carbocycles. The maximum atomic E-state index is 2.54. The lowest BCUT2D eigenvalue weighted by atomic mass is 10.2. The Morgan fingerprint density at radius 3 is 2.30 bits per heavy atom. The van der Waals surface area contributed by atoms with Gasteiger partial charge in [-0.2, -0.15) is 0 Å². The van der Waals surface area contributed by atoms with Gasteiger partial charge in [-0.25, -0.2) is 0 Å². The summed E-state index contributed by atoms with van der Waals surface area (Å²) in [4.78, 5) is 2.54. The molecule has 1 saturated heterocycles. The third-order valence-corrected chi connectivity index (χ3v) is 2.36. The minimum atomic E-state index is 0.549. The van der Waals surface area contributed by atoms with Gasteiger partial charge in [-0.1, -0.05) is 19.8 Å². The molecule has 1 aliphatic heterocycles. The van der Waals surface area contributed by atoms with Crippen LogP contribution in [0.1, 0.15) is 40.0 Å². The van der Waals surface area contributed by atoms with Crippen molar-refractivity contribution >= 4 is 0 Å². The molecular weight excluding hydrogens is 122 g/mol. The quantitative estimate of drug-likeness (QED) is 0.429. The molecule has 1 heteroatoms. The van der Waals surface area contributed by atoms with Gasteiger partial charge in [-0.15, -0.1) is 0 Å². The van der Waals surface area contributed by atoms with Gasteiger partial charge in [0.15, 0.2) is 0 Å². The predicted octanol–water partition coefficient (Wildman–Crippen LogP) is 2.27. The first-order valence-electron chi connectivity index (χ1n) is 4.42. The Morgan fingerprint density at radius 1 is 1.30 bits per heavy atom. The van der Waals surface area contributed by atoms with Crippen LogP contribution in [0.5, 0.6) is 0 Å². The molecule has 1 heterocycles. The van der Waals surface area contributed by atoms with E-state index in [-0.39, 0.29) is 0 Å². The van der Waals surface area contributed by atoms with E-state index >= 15 is 0 Å². The van der Waals surface area contributed by atoms with E-state index < -0.39 is 0 Å². The summed E-state index contributed by atoms with van der Waals surface area (Å²) in [6, 6.07) is 0. The second-order valence-corrected chi connectivity index (χ2v) is 3.94. The predicted molar refractivity (Wildman–Crippen MR) is 45.2 cm³/mol. The summed E-state index contributed by atoms with van der Waals surface area (Å²) in [6.07, 6.45) is 4.13. The van der Waals surface area contributed by atoms with Crippen molar-refractivity contribution in [3.05, 3.63) is 0 Å². The summed E-state index contributed by atoms with van der Waals surface area (Å²) in [6.45, 7) is 9.53.